The molecule has 0 unspecified atom stereocenters. The van der Waals surface area contributed by atoms with Gasteiger partial charge >= 0.3 is 0 Å². The first-order chi connectivity index (χ1) is 13.5. The molecule has 150 valence electrons. The van der Waals surface area contributed by atoms with Crippen molar-refractivity contribution in [3.05, 3.63) is 41.6 Å². The summed E-state index contributed by atoms with van der Waals surface area (Å²) in [7, 11) is 0. The minimum absolute atomic E-state index is 0.107. The van der Waals surface area contributed by atoms with Gasteiger partial charge in [-0.2, -0.15) is 5.10 Å². The van der Waals surface area contributed by atoms with Crippen LogP contribution in [0.2, 0.25) is 0 Å². The summed E-state index contributed by atoms with van der Waals surface area (Å²) in [6, 6.07) is 9.95. The van der Waals surface area contributed by atoms with Crippen molar-refractivity contribution < 1.29 is 19.7 Å². The Labute approximate surface area is 164 Å². The quantitative estimate of drug-likeness (QED) is 0.748. The van der Waals surface area contributed by atoms with Crippen LogP contribution in [0, 0.1) is 0 Å². The summed E-state index contributed by atoms with van der Waals surface area (Å²) in [5, 5.41) is 27.5. The minimum Gasteiger partial charge on any atom is -0.390 e. The largest absolute Gasteiger partial charge is 0.390 e. The average Bonchev–Trinajstić information content (AvgIpc) is 3.22. The predicted molar refractivity (Wildman–Crippen MR) is 104 cm³/mol. The molecule has 0 bridgehead atoms. The number of amides is 1. The van der Waals surface area contributed by atoms with Crippen molar-refractivity contribution in [1.29, 1.82) is 0 Å². The highest BCUT2D eigenvalue weighted by atomic mass is 16.5. The third-order valence-corrected chi connectivity index (χ3v) is 6.07. The van der Waals surface area contributed by atoms with E-state index in [4.69, 9.17) is 4.74 Å². The Hall–Kier alpha value is -2.22. The standard InChI is InChI=1S/C21H27N3O4/c1-2-14-3-5-15(6-4-14)16-13-17(23-22-16)20(27)24-10-8-21(9-11-24)19(26)18(25)7-12-28-21/h3-6,13,18-19,25-26H,2,7-12H2,1H3,(H,22,23)/t18-,19-/m0/s1. The summed E-state index contributed by atoms with van der Waals surface area (Å²) >= 11 is 0. The molecule has 4 rings (SSSR count). The smallest absolute Gasteiger partial charge is 0.271 e. The average molecular weight is 385 g/mol. The van der Waals surface area contributed by atoms with Crippen molar-refractivity contribution in [2.45, 2.75) is 50.4 Å². The fourth-order valence-corrected chi connectivity index (χ4v) is 4.17. The number of likely N-dealkylation sites (tertiary alicyclic amines) is 1. The molecule has 2 atom stereocenters. The molecule has 0 saturated carbocycles. The number of rotatable bonds is 3. The molecule has 3 heterocycles. The number of aliphatic hydroxyl groups is 2. The van der Waals surface area contributed by atoms with Gasteiger partial charge in [0.2, 0.25) is 0 Å². The van der Waals surface area contributed by atoms with Crippen LogP contribution in [0.3, 0.4) is 0 Å². The van der Waals surface area contributed by atoms with Gasteiger partial charge in [0, 0.05) is 18.7 Å². The maximum atomic E-state index is 12.9. The third kappa shape index (κ3) is 3.45. The highest BCUT2D eigenvalue weighted by Crippen LogP contribution is 2.35. The number of aryl methyl sites for hydroxylation is 1. The van der Waals surface area contributed by atoms with Gasteiger partial charge in [0.1, 0.15) is 11.8 Å². The molecule has 0 aliphatic carbocycles. The van der Waals surface area contributed by atoms with Gasteiger partial charge in [0.25, 0.3) is 5.91 Å². The minimum atomic E-state index is -0.900. The summed E-state index contributed by atoms with van der Waals surface area (Å²) in [4.78, 5) is 14.6. The molecule has 7 nitrogen and oxygen atoms in total. The maximum absolute atomic E-state index is 12.9. The number of benzene rings is 1. The molecule has 28 heavy (non-hydrogen) atoms. The summed E-state index contributed by atoms with van der Waals surface area (Å²) in [6.07, 6.45) is 0.791. The fraction of sp³-hybridized carbons (Fsp3) is 0.524. The lowest BCUT2D eigenvalue weighted by molar-refractivity contribution is -0.212. The summed E-state index contributed by atoms with van der Waals surface area (Å²) in [5.74, 6) is -0.107. The Morgan fingerprint density at radius 2 is 2.00 bits per heavy atom. The van der Waals surface area contributed by atoms with Crippen LogP contribution < -0.4 is 0 Å². The molecule has 1 spiro atoms. The number of piperidine rings is 1. The molecular formula is C21H27N3O4. The molecule has 3 N–H and O–H groups in total. The Morgan fingerprint density at radius 3 is 2.68 bits per heavy atom. The normalized spacial score (nSPS) is 24.5. The Balaban J connectivity index is 1.42. The van der Waals surface area contributed by atoms with E-state index in [2.05, 4.69) is 29.3 Å². The predicted octanol–water partition coefficient (Wildman–Crippen LogP) is 1.76. The number of aliphatic hydroxyl groups excluding tert-OH is 2. The molecule has 2 aliphatic rings. The number of aromatic amines is 1. The van der Waals surface area contributed by atoms with E-state index in [0.29, 0.717) is 44.7 Å². The van der Waals surface area contributed by atoms with E-state index in [-0.39, 0.29) is 5.91 Å². The van der Waals surface area contributed by atoms with Crippen molar-refractivity contribution >= 4 is 5.91 Å². The van der Waals surface area contributed by atoms with E-state index in [9.17, 15) is 15.0 Å². The van der Waals surface area contributed by atoms with Crippen LogP contribution in [-0.4, -0.2) is 68.7 Å². The van der Waals surface area contributed by atoms with Gasteiger partial charge in [-0.25, -0.2) is 0 Å². The highest BCUT2D eigenvalue weighted by molar-refractivity contribution is 5.93. The van der Waals surface area contributed by atoms with E-state index in [1.165, 1.54) is 5.56 Å². The number of nitrogens with zero attached hydrogens (tertiary/aromatic N) is 2. The summed E-state index contributed by atoms with van der Waals surface area (Å²) in [5.41, 5.74) is 2.69. The zero-order valence-electron chi connectivity index (χ0n) is 16.1. The number of carbonyl (C=O) groups excluding carboxylic acids is 1. The molecular weight excluding hydrogens is 358 g/mol. The molecule has 1 amide bonds. The molecule has 2 fully saturated rings. The second-order valence-corrected chi connectivity index (χ2v) is 7.72. The first-order valence-corrected chi connectivity index (χ1v) is 9.96. The number of nitrogens with one attached hydrogen (secondary N) is 1. The van der Waals surface area contributed by atoms with Gasteiger partial charge in [-0.1, -0.05) is 31.2 Å². The van der Waals surface area contributed by atoms with Gasteiger partial charge in [-0.15, -0.1) is 0 Å². The van der Waals surface area contributed by atoms with Crippen LogP contribution in [0.15, 0.2) is 30.3 Å². The Morgan fingerprint density at radius 1 is 1.29 bits per heavy atom. The summed E-state index contributed by atoms with van der Waals surface area (Å²) in [6.45, 7) is 3.50. The lowest BCUT2D eigenvalue weighted by atomic mass is 9.80. The van der Waals surface area contributed by atoms with E-state index in [0.717, 1.165) is 17.7 Å². The van der Waals surface area contributed by atoms with Crippen LogP contribution >= 0.6 is 0 Å². The first kappa shape index (κ1) is 19.1. The zero-order valence-corrected chi connectivity index (χ0v) is 16.1. The van der Waals surface area contributed by atoms with Gasteiger partial charge in [-0.3, -0.25) is 9.89 Å². The monoisotopic (exact) mass is 385 g/mol. The Bertz CT molecular complexity index is 824. The number of ether oxygens (including phenoxy) is 1. The topological polar surface area (TPSA) is 98.7 Å². The van der Waals surface area contributed by atoms with Crippen LogP contribution in [-0.2, 0) is 11.2 Å². The molecule has 0 radical (unpaired) electrons. The van der Waals surface area contributed by atoms with E-state index < -0.39 is 17.8 Å². The van der Waals surface area contributed by atoms with Gasteiger partial charge in [0.15, 0.2) is 0 Å². The van der Waals surface area contributed by atoms with Crippen LogP contribution in [0.5, 0.6) is 0 Å². The van der Waals surface area contributed by atoms with E-state index >= 15 is 0 Å². The molecule has 7 heteroatoms. The number of H-pyrrole nitrogens is 1. The van der Waals surface area contributed by atoms with Crippen molar-refractivity contribution in [3.8, 4) is 11.3 Å². The molecule has 2 aromatic rings. The van der Waals surface area contributed by atoms with Crippen LogP contribution in [0.4, 0.5) is 0 Å². The van der Waals surface area contributed by atoms with Crippen molar-refractivity contribution in [1.82, 2.24) is 15.1 Å². The lowest BCUT2D eigenvalue weighted by Gasteiger charge is -2.48. The summed E-state index contributed by atoms with van der Waals surface area (Å²) < 4.78 is 5.84. The van der Waals surface area contributed by atoms with Crippen LogP contribution in [0.25, 0.3) is 11.3 Å². The first-order valence-electron chi connectivity index (χ1n) is 9.96. The maximum Gasteiger partial charge on any atom is 0.271 e. The Kier molecular flexibility index (Phi) is 5.23. The SMILES string of the molecule is CCc1ccc(-c2cc(C(=O)N3CCC4(CC3)OCC[C@H](O)[C@@H]4O)[nH]n2)cc1. The van der Waals surface area contributed by atoms with Gasteiger partial charge < -0.3 is 19.8 Å². The third-order valence-electron chi connectivity index (χ3n) is 6.07. The number of hydrogen-bond acceptors (Lipinski definition) is 5. The van der Waals surface area contributed by atoms with Gasteiger partial charge in [0.05, 0.1) is 24.0 Å². The van der Waals surface area contributed by atoms with E-state index in [1.54, 1.807) is 11.0 Å². The number of aromatic nitrogens is 2. The lowest BCUT2D eigenvalue weighted by Crippen LogP contribution is -2.60. The van der Waals surface area contributed by atoms with Gasteiger partial charge in [-0.05, 0) is 37.3 Å². The van der Waals surface area contributed by atoms with Crippen molar-refractivity contribution in [2.75, 3.05) is 19.7 Å². The second kappa shape index (κ2) is 7.66. The number of hydrogen-bond donors (Lipinski definition) is 3. The number of carbonyl (C=O) groups is 1. The highest BCUT2D eigenvalue weighted by Gasteiger charge is 2.48. The fourth-order valence-electron chi connectivity index (χ4n) is 4.17. The molecule has 1 aromatic heterocycles. The van der Waals surface area contributed by atoms with Crippen LogP contribution in [0.1, 0.15) is 42.2 Å². The van der Waals surface area contributed by atoms with Crippen molar-refractivity contribution in [2.24, 2.45) is 0 Å². The van der Waals surface area contributed by atoms with E-state index in [1.807, 2.05) is 12.1 Å². The molecule has 2 aliphatic heterocycles. The molecule has 1 aromatic carbocycles. The molecule has 2 saturated heterocycles. The zero-order chi connectivity index (χ0) is 19.7. The van der Waals surface area contributed by atoms with Crippen molar-refractivity contribution in [3.63, 3.8) is 0 Å². The second-order valence-electron chi connectivity index (χ2n) is 7.72.